The summed E-state index contributed by atoms with van der Waals surface area (Å²) < 4.78 is 0. The van der Waals surface area contributed by atoms with E-state index in [0.29, 0.717) is 23.3 Å². The van der Waals surface area contributed by atoms with Crippen LogP contribution in [-0.2, 0) is 0 Å². The molecule has 0 atom stereocenters. The van der Waals surface area contributed by atoms with Crippen molar-refractivity contribution in [2.45, 2.75) is 0 Å². The summed E-state index contributed by atoms with van der Waals surface area (Å²) in [5.74, 6) is 2.26. The van der Waals surface area contributed by atoms with Crippen molar-refractivity contribution in [1.82, 2.24) is 24.9 Å². The second-order valence-corrected chi connectivity index (χ2v) is 13.6. The Balaban J connectivity index is 1.13. The van der Waals surface area contributed by atoms with Gasteiger partial charge in [0.1, 0.15) is 0 Å². The summed E-state index contributed by atoms with van der Waals surface area (Å²) >= 11 is 0. The van der Waals surface area contributed by atoms with Crippen LogP contribution >= 0.6 is 0 Å². The molecule has 260 valence electrons. The van der Waals surface area contributed by atoms with Crippen LogP contribution in [0.2, 0.25) is 0 Å². The Morgan fingerprint density at radius 1 is 0.357 bits per heavy atom. The quantitative estimate of drug-likeness (QED) is 0.127. The highest BCUT2D eigenvalue weighted by molar-refractivity contribution is 6.23. The Labute approximate surface area is 323 Å². The molecule has 0 aliphatic rings. The van der Waals surface area contributed by atoms with E-state index in [-0.39, 0.29) is 0 Å². The number of nitrogens with zero attached hydrogens (tertiary/aromatic N) is 6. The number of pyridine rings is 2. The average Bonchev–Trinajstić information content (AvgIpc) is 3.29. The monoisotopic (exact) mass is 714 g/mol. The molecule has 0 fully saturated rings. The predicted molar refractivity (Wildman–Crippen MR) is 227 cm³/mol. The van der Waals surface area contributed by atoms with Crippen LogP contribution < -0.4 is 0 Å². The van der Waals surface area contributed by atoms with Crippen molar-refractivity contribution < 1.29 is 0 Å². The molecule has 0 amide bonds. The number of benzene rings is 7. The van der Waals surface area contributed by atoms with Crippen LogP contribution in [-0.4, -0.2) is 24.9 Å². The number of hydrogen-bond acceptors (Lipinski definition) is 5. The largest absolute Gasteiger partial charge is 0.361 e. The van der Waals surface area contributed by atoms with Crippen LogP contribution in [0.25, 0.3) is 105 Å². The molecule has 7 aromatic carbocycles. The van der Waals surface area contributed by atoms with E-state index < -0.39 is 0 Å². The number of rotatable bonds is 6. The Kier molecular flexibility index (Phi) is 8.09. The van der Waals surface area contributed by atoms with Crippen LogP contribution in [0.15, 0.2) is 182 Å². The first kappa shape index (κ1) is 32.7. The summed E-state index contributed by atoms with van der Waals surface area (Å²) in [7, 11) is 0. The van der Waals surface area contributed by atoms with Gasteiger partial charge in [0.2, 0.25) is 0 Å². The third-order valence-corrected chi connectivity index (χ3v) is 10.2. The number of fused-ring (bicyclic) bond motifs is 5. The molecule has 3 heterocycles. The van der Waals surface area contributed by atoms with Gasteiger partial charge in [0.25, 0.3) is 5.82 Å². The molecule has 6 nitrogen and oxygen atoms in total. The first-order valence-corrected chi connectivity index (χ1v) is 18.4. The summed E-state index contributed by atoms with van der Waals surface area (Å²) in [5.41, 5.74) is 9.74. The van der Waals surface area contributed by atoms with E-state index in [1.54, 1.807) is 6.07 Å². The average molecular weight is 715 g/mol. The highest BCUT2D eigenvalue weighted by Crippen LogP contribution is 2.42. The molecular weight excluding hydrogens is 685 g/mol. The standard InChI is InChI=1S/C50H30N6/c1-51-46-23-11-22-45(53-46)33-26-24-32(25-27-33)42-31-43-39-20-9-8-19-38(39)41(30-44(43)40-21-12-28-52-47(40)42)36-17-10-18-37(29-36)50-55-48(34-13-4-2-5-14-34)54-49(56-50)35-15-6-3-7-16-35/h2-31H. The zero-order valence-electron chi connectivity index (χ0n) is 30.0. The predicted octanol–water partition coefficient (Wildman–Crippen LogP) is 12.7. The molecule has 0 spiro atoms. The highest BCUT2D eigenvalue weighted by Gasteiger charge is 2.17. The van der Waals surface area contributed by atoms with Crippen LogP contribution in [0.5, 0.6) is 0 Å². The van der Waals surface area contributed by atoms with Gasteiger partial charge in [-0.25, -0.2) is 15.0 Å². The van der Waals surface area contributed by atoms with Gasteiger partial charge in [-0.15, -0.1) is 4.98 Å². The minimum absolute atomic E-state index is 0.384. The number of aromatic nitrogens is 5. The molecule has 0 saturated heterocycles. The minimum Gasteiger partial charge on any atom is -0.361 e. The van der Waals surface area contributed by atoms with Gasteiger partial charge in [0.15, 0.2) is 23.2 Å². The van der Waals surface area contributed by atoms with Gasteiger partial charge in [-0.05, 0) is 74.6 Å². The molecule has 0 aliphatic carbocycles. The third-order valence-electron chi connectivity index (χ3n) is 10.2. The Morgan fingerprint density at radius 2 is 0.911 bits per heavy atom. The zero-order valence-corrected chi connectivity index (χ0v) is 30.0. The van der Waals surface area contributed by atoms with Gasteiger partial charge >= 0.3 is 0 Å². The van der Waals surface area contributed by atoms with Gasteiger partial charge in [-0.3, -0.25) is 4.98 Å². The fraction of sp³-hybridized carbons (Fsp3) is 0. The maximum absolute atomic E-state index is 7.37. The lowest BCUT2D eigenvalue weighted by molar-refractivity contribution is 1.07. The van der Waals surface area contributed by atoms with Gasteiger partial charge in [0.05, 0.1) is 5.52 Å². The summed E-state index contributed by atoms with van der Waals surface area (Å²) in [6.07, 6.45) is 1.86. The first-order chi connectivity index (χ1) is 27.7. The molecule has 10 rings (SSSR count). The SMILES string of the molecule is [C-]#[N+]c1cccc(-c2ccc(-c3cc4c5ccccc5c(-c5cccc(-c6nc(-c7ccccc7)nc(-c7ccccc7)n6)c5)cc4c4cccnc34)cc2)n1. The molecule has 0 N–H and O–H groups in total. The fourth-order valence-electron chi connectivity index (χ4n) is 7.52. The lowest BCUT2D eigenvalue weighted by atomic mass is 9.88. The minimum atomic E-state index is 0.384. The zero-order chi connectivity index (χ0) is 37.4. The first-order valence-electron chi connectivity index (χ1n) is 18.4. The normalized spacial score (nSPS) is 11.2. The van der Waals surface area contributed by atoms with Crippen molar-refractivity contribution in [3.63, 3.8) is 0 Å². The van der Waals surface area contributed by atoms with Crippen molar-refractivity contribution in [2.75, 3.05) is 0 Å². The van der Waals surface area contributed by atoms with Gasteiger partial charge in [0, 0.05) is 39.4 Å². The molecular formula is C50H30N6. The second kappa shape index (κ2) is 13.8. The van der Waals surface area contributed by atoms with E-state index in [2.05, 4.69) is 101 Å². The lowest BCUT2D eigenvalue weighted by Crippen LogP contribution is -2.00. The third kappa shape index (κ3) is 5.90. The molecule has 0 aliphatic heterocycles. The lowest BCUT2D eigenvalue weighted by Gasteiger charge is -2.16. The van der Waals surface area contributed by atoms with Crippen molar-refractivity contribution in [2.24, 2.45) is 0 Å². The van der Waals surface area contributed by atoms with Gasteiger partial charge in [-0.1, -0.05) is 146 Å². The van der Waals surface area contributed by atoms with Crippen LogP contribution in [0.3, 0.4) is 0 Å². The smallest absolute Gasteiger partial charge is 0.270 e. The van der Waals surface area contributed by atoms with Gasteiger partial charge in [-0.2, -0.15) is 0 Å². The van der Waals surface area contributed by atoms with E-state index in [9.17, 15) is 0 Å². The Hall–Kier alpha value is -7.88. The molecule has 56 heavy (non-hydrogen) atoms. The highest BCUT2D eigenvalue weighted by atomic mass is 15.0. The molecule has 0 unspecified atom stereocenters. The van der Waals surface area contributed by atoms with Crippen molar-refractivity contribution in [1.29, 1.82) is 0 Å². The maximum Gasteiger partial charge on any atom is 0.270 e. The molecule has 0 bridgehead atoms. The topological polar surface area (TPSA) is 68.8 Å². The van der Waals surface area contributed by atoms with Crippen LogP contribution in [0.1, 0.15) is 0 Å². The Bertz CT molecular complexity index is 3080. The molecule has 3 aromatic heterocycles. The van der Waals surface area contributed by atoms with Gasteiger partial charge < -0.3 is 4.85 Å². The fourth-order valence-corrected chi connectivity index (χ4v) is 7.52. The maximum atomic E-state index is 7.37. The molecule has 6 heteroatoms. The van der Waals surface area contributed by atoms with E-state index in [1.165, 1.54) is 0 Å². The van der Waals surface area contributed by atoms with E-state index in [1.807, 2.05) is 85.1 Å². The van der Waals surface area contributed by atoms with Crippen molar-refractivity contribution in [3.05, 3.63) is 194 Å². The summed E-state index contributed by atoms with van der Waals surface area (Å²) in [6, 6.07) is 59.9. The van der Waals surface area contributed by atoms with Crippen LogP contribution in [0.4, 0.5) is 5.82 Å². The summed E-state index contributed by atoms with van der Waals surface area (Å²) in [6.45, 7) is 7.37. The van der Waals surface area contributed by atoms with E-state index in [0.717, 1.165) is 82.6 Å². The molecule has 0 saturated carbocycles. The molecule has 10 aromatic rings. The Morgan fingerprint density at radius 3 is 1.62 bits per heavy atom. The number of hydrogen-bond donors (Lipinski definition) is 0. The van der Waals surface area contributed by atoms with Crippen molar-refractivity contribution >= 4 is 38.3 Å². The van der Waals surface area contributed by atoms with E-state index in [4.69, 9.17) is 26.5 Å². The van der Waals surface area contributed by atoms with Crippen LogP contribution in [0, 0.1) is 6.57 Å². The molecule has 0 radical (unpaired) electrons. The second-order valence-electron chi connectivity index (χ2n) is 13.6. The van der Waals surface area contributed by atoms with E-state index >= 15 is 0 Å². The summed E-state index contributed by atoms with van der Waals surface area (Å²) in [5, 5.41) is 5.68. The summed E-state index contributed by atoms with van der Waals surface area (Å²) in [4.78, 5) is 27.9. The van der Waals surface area contributed by atoms with Crippen molar-refractivity contribution in [3.8, 4) is 67.7 Å².